The van der Waals surface area contributed by atoms with Crippen LogP contribution in [0.1, 0.15) is 17.3 Å². The number of rotatable bonds is 6. The van der Waals surface area contributed by atoms with Crippen molar-refractivity contribution in [3.8, 4) is 11.4 Å². The SMILES string of the molecule is O=C(CCc1nc(-c2ccncc2)no1)NCc1nc2ccccc2s1. The summed E-state index contributed by atoms with van der Waals surface area (Å²) in [5, 5.41) is 7.69. The highest BCUT2D eigenvalue weighted by Gasteiger charge is 2.11. The number of fused-ring (bicyclic) bond motifs is 1. The van der Waals surface area contributed by atoms with Gasteiger partial charge >= 0.3 is 0 Å². The van der Waals surface area contributed by atoms with Crippen molar-refractivity contribution in [3.63, 3.8) is 0 Å². The van der Waals surface area contributed by atoms with Crippen LogP contribution >= 0.6 is 11.3 Å². The molecule has 4 aromatic rings. The fourth-order valence-corrected chi connectivity index (χ4v) is 3.36. The Bertz CT molecular complexity index is 995. The molecule has 0 atom stereocenters. The lowest BCUT2D eigenvalue weighted by molar-refractivity contribution is -0.121. The lowest BCUT2D eigenvalue weighted by Crippen LogP contribution is -2.22. The number of aromatic nitrogens is 4. The molecular weight excluding hydrogens is 350 g/mol. The largest absolute Gasteiger partial charge is 0.350 e. The monoisotopic (exact) mass is 365 g/mol. The van der Waals surface area contributed by atoms with Crippen molar-refractivity contribution in [1.82, 2.24) is 25.4 Å². The molecule has 7 nitrogen and oxygen atoms in total. The van der Waals surface area contributed by atoms with Gasteiger partial charge in [0.15, 0.2) is 0 Å². The third kappa shape index (κ3) is 3.75. The van der Waals surface area contributed by atoms with Gasteiger partial charge in [-0.05, 0) is 24.3 Å². The predicted octanol–water partition coefficient (Wildman–Crippen LogP) is 2.99. The molecule has 1 amide bonds. The van der Waals surface area contributed by atoms with E-state index in [2.05, 4.69) is 25.4 Å². The van der Waals surface area contributed by atoms with Crippen molar-refractivity contribution >= 4 is 27.5 Å². The van der Waals surface area contributed by atoms with E-state index < -0.39 is 0 Å². The lowest BCUT2D eigenvalue weighted by atomic mass is 10.2. The lowest BCUT2D eigenvalue weighted by Gasteiger charge is -2.00. The summed E-state index contributed by atoms with van der Waals surface area (Å²) in [4.78, 5) is 24.8. The fraction of sp³-hybridized carbons (Fsp3) is 0.167. The van der Waals surface area contributed by atoms with Crippen LogP contribution in [-0.4, -0.2) is 26.0 Å². The highest BCUT2D eigenvalue weighted by atomic mass is 32.1. The zero-order valence-corrected chi connectivity index (χ0v) is 14.6. The zero-order valence-electron chi connectivity index (χ0n) is 13.8. The molecule has 0 fully saturated rings. The van der Waals surface area contributed by atoms with Gasteiger partial charge in [0, 0.05) is 30.8 Å². The number of para-hydroxylation sites is 1. The Balaban J connectivity index is 1.29. The van der Waals surface area contributed by atoms with E-state index in [1.54, 1.807) is 35.9 Å². The van der Waals surface area contributed by atoms with E-state index in [4.69, 9.17) is 4.52 Å². The minimum Gasteiger partial charge on any atom is -0.350 e. The fourth-order valence-electron chi connectivity index (χ4n) is 2.45. The first kappa shape index (κ1) is 16.3. The maximum Gasteiger partial charge on any atom is 0.227 e. The average molecular weight is 365 g/mol. The van der Waals surface area contributed by atoms with E-state index in [0.717, 1.165) is 20.8 Å². The number of hydrogen-bond acceptors (Lipinski definition) is 7. The van der Waals surface area contributed by atoms with Crippen LogP contribution in [0.4, 0.5) is 0 Å². The Hall–Kier alpha value is -3.13. The number of hydrogen-bond donors (Lipinski definition) is 1. The number of carbonyl (C=O) groups excluding carboxylic acids is 1. The van der Waals surface area contributed by atoms with Gasteiger partial charge in [-0.25, -0.2) is 4.98 Å². The summed E-state index contributed by atoms with van der Waals surface area (Å²) >= 11 is 1.58. The summed E-state index contributed by atoms with van der Waals surface area (Å²) in [7, 11) is 0. The summed E-state index contributed by atoms with van der Waals surface area (Å²) in [5.74, 6) is 0.858. The summed E-state index contributed by atoms with van der Waals surface area (Å²) in [6, 6.07) is 11.5. The number of pyridine rings is 1. The first-order valence-corrected chi connectivity index (χ1v) is 8.94. The highest BCUT2D eigenvalue weighted by Crippen LogP contribution is 2.21. The standard InChI is InChI=1S/C18H15N5O2S/c24-15(20-11-17-21-13-3-1-2-4-14(13)26-17)5-6-16-22-18(23-25-16)12-7-9-19-10-8-12/h1-4,7-10H,5-6,11H2,(H,20,24). The van der Waals surface area contributed by atoms with Crippen LogP contribution in [0.5, 0.6) is 0 Å². The molecule has 0 aliphatic rings. The Kier molecular flexibility index (Phi) is 4.65. The molecule has 0 saturated heterocycles. The van der Waals surface area contributed by atoms with E-state index in [9.17, 15) is 4.79 Å². The number of nitrogens with zero attached hydrogens (tertiary/aromatic N) is 4. The number of carbonyl (C=O) groups is 1. The molecule has 0 bridgehead atoms. The van der Waals surface area contributed by atoms with Gasteiger partial charge in [0.05, 0.1) is 16.8 Å². The molecule has 8 heteroatoms. The molecule has 4 rings (SSSR count). The van der Waals surface area contributed by atoms with Crippen LogP contribution in [0.2, 0.25) is 0 Å². The number of nitrogens with one attached hydrogen (secondary N) is 1. The summed E-state index contributed by atoms with van der Waals surface area (Å²) in [6.45, 7) is 0.421. The predicted molar refractivity (Wildman–Crippen MR) is 97.3 cm³/mol. The van der Waals surface area contributed by atoms with E-state index >= 15 is 0 Å². The molecule has 3 aromatic heterocycles. The quantitative estimate of drug-likeness (QED) is 0.564. The number of thiazole rings is 1. The van der Waals surface area contributed by atoms with Crippen molar-refractivity contribution in [1.29, 1.82) is 0 Å². The van der Waals surface area contributed by atoms with Crippen LogP contribution in [0, 0.1) is 0 Å². The van der Waals surface area contributed by atoms with Gasteiger partial charge < -0.3 is 9.84 Å². The van der Waals surface area contributed by atoms with E-state index in [-0.39, 0.29) is 12.3 Å². The van der Waals surface area contributed by atoms with Crippen molar-refractivity contribution in [2.45, 2.75) is 19.4 Å². The van der Waals surface area contributed by atoms with Gasteiger partial charge in [-0.3, -0.25) is 9.78 Å². The maximum atomic E-state index is 12.0. The molecule has 26 heavy (non-hydrogen) atoms. The van der Waals surface area contributed by atoms with Gasteiger partial charge in [-0.2, -0.15) is 4.98 Å². The minimum atomic E-state index is -0.0760. The summed E-state index contributed by atoms with van der Waals surface area (Å²) < 4.78 is 6.32. The van der Waals surface area contributed by atoms with E-state index in [1.807, 2.05) is 24.3 Å². The Labute approximate surface area is 153 Å². The molecule has 0 aliphatic carbocycles. The summed E-state index contributed by atoms with van der Waals surface area (Å²) in [5.41, 5.74) is 1.78. The van der Waals surface area contributed by atoms with Crippen molar-refractivity contribution in [3.05, 3.63) is 59.7 Å². The van der Waals surface area contributed by atoms with Crippen molar-refractivity contribution < 1.29 is 9.32 Å². The highest BCUT2D eigenvalue weighted by molar-refractivity contribution is 7.18. The van der Waals surface area contributed by atoms with Crippen LogP contribution in [0.25, 0.3) is 21.6 Å². The minimum absolute atomic E-state index is 0.0760. The van der Waals surface area contributed by atoms with Crippen molar-refractivity contribution in [2.24, 2.45) is 0 Å². The third-order valence-electron chi connectivity index (χ3n) is 3.75. The molecule has 3 heterocycles. The Morgan fingerprint density at radius 3 is 2.81 bits per heavy atom. The molecule has 0 radical (unpaired) electrons. The Morgan fingerprint density at radius 1 is 1.12 bits per heavy atom. The normalized spacial score (nSPS) is 10.9. The van der Waals surface area contributed by atoms with Crippen LogP contribution in [0.3, 0.4) is 0 Å². The maximum absolute atomic E-state index is 12.0. The van der Waals surface area contributed by atoms with E-state index in [0.29, 0.717) is 24.7 Å². The van der Waals surface area contributed by atoms with Gasteiger partial charge in [-0.15, -0.1) is 11.3 Å². The molecule has 0 unspecified atom stereocenters. The van der Waals surface area contributed by atoms with Crippen LogP contribution in [0.15, 0.2) is 53.3 Å². The van der Waals surface area contributed by atoms with Crippen LogP contribution < -0.4 is 5.32 Å². The molecule has 0 spiro atoms. The molecule has 1 aromatic carbocycles. The molecule has 130 valence electrons. The topological polar surface area (TPSA) is 93.8 Å². The first-order valence-electron chi connectivity index (χ1n) is 8.12. The molecule has 0 saturated carbocycles. The van der Waals surface area contributed by atoms with Crippen molar-refractivity contribution in [2.75, 3.05) is 0 Å². The molecule has 0 aliphatic heterocycles. The number of aryl methyl sites for hydroxylation is 1. The smallest absolute Gasteiger partial charge is 0.227 e. The molecule has 1 N–H and O–H groups in total. The first-order chi connectivity index (χ1) is 12.8. The third-order valence-corrected chi connectivity index (χ3v) is 4.78. The van der Waals surface area contributed by atoms with Gasteiger partial charge in [0.2, 0.25) is 17.6 Å². The van der Waals surface area contributed by atoms with Gasteiger partial charge in [-0.1, -0.05) is 17.3 Å². The second kappa shape index (κ2) is 7.40. The van der Waals surface area contributed by atoms with Gasteiger partial charge in [0.25, 0.3) is 0 Å². The van der Waals surface area contributed by atoms with E-state index in [1.165, 1.54) is 0 Å². The number of benzene rings is 1. The summed E-state index contributed by atoms with van der Waals surface area (Å²) in [6.07, 6.45) is 4.01. The second-order valence-corrected chi connectivity index (χ2v) is 6.71. The zero-order chi connectivity index (χ0) is 17.8. The number of amides is 1. The molecular formula is C18H15N5O2S. The second-order valence-electron chi connectivity index (χ2n) is 5.60. The van der Waals surface area contributed by atoms with Gasteiger partial charge in [0.1, 0.15) is 5.01 Å². The van der Waals surface area contributed by atoms with Crippen LogP contribution in [-0.2, 0) is 17.8 Å². The average Bonchev–Trinajstić information content (AvgIpc) is 3.32. The Morgan fingerprint density at radius 2 is 1.96 bits per heavy atom.